The molecule has 1 aromatic heterocycles. The molecule has 0 bridgehead atoms. The van der Waals surface area contributed by atoms with Gasteiger partial charge < -0.3 is 4.42 Å². The van der Waals surface area contributed by atoms with Crippen molar-refractivity contribution in [2.75, 3.05) is 0 Å². The molecule has 101 valence electrons. The van der Waals surface area contributed by atoms with Crippen LogP contribution < -0.4 is 0 Å². The van der Waals surface area contributed by atoms with Crippen molar-refractivity contribution < 1.29 is 9.52 Å². The predicted octanol–water partition coefficient (Wildman–Crippen LogP) is 3.79. The fourth-order valence-electron chi connectivity index (χ4n) is 2.11. The van der Waals surface area contributed by atoms with Crippen LogP contribution in [-0.4, -0.2) is 10.2 Å². The number of nitrogens with zero attached hydrogens (tertiary/aromatic N) is 2. The second kappa shape index (κ2) is 7.04. The minimum absolute atomic E-state index is 0.149. The van der Waals surface area contributed by atoms with E-state index in [1.165, 1.54) is 24.8 Å². The summed E-state index contributed by atoms with van der Waals surface area (Å²) in [5.74, 6) is 0.604. The SMILES string of the molecule is CCCCCCc1ccccc1-c1nnc(C[O])o1. The fraction of sp³-hybridized carbons (Fsp3) is 0.467. The lowest BCUT2D eigenvalue weighted by molar-refractivity contribution is 0.151. The molecule has 0 saturated carbocycles. The van der Waals surface area contributed by atoms with Crippen LogP contribution in [0, 0.1) is 0 Å². The van der Waals surface area contributed by atoms with Crippen LogP contribution in [-0.2, 0) is 18.1 Å². The van der Waals surface area contributed by atoms with Gasteiger partial charge in [-0.3, -0.25) is 0 Å². The van der Waals surface area contributed by atoms with Crippen LogP contribution in [0.1, 0.15) is 44.1 Å². The average Bonchev–Trinajstić information content (AvgIpc) is 2.93. The number of unbranched alkanes of at least 4 members (excludes halogenated alkanes) is 3. The Morgan fingerprint density at radius 1 is 1.11 bits per heavy atom. The highest BCUT2D eigenvalue weighted by atomic mass is 16.4. The normalized spacial score (nSPS) is 10.8. The highest BCUT2D eigenvalue weighted by Gasteiger charge is 2.11. The molecule has 0 aliphatic rings. The molecule has 0 aliphatic carbocycles. The van der Waals surface area contributed by atoms with E-state index in [0.717, 1.165) is 18.4 Å². The number of rotatable bonds is 7. The summed E-state index contributed by atoms with van der Waals surface area (Å²) in [6.45, 7) is 1.74. The summed E-state index contributed by atoms with van der Waals surface area (Å²) < 4.78 is 5.35. The second-order valence-electron chi connectivity index (χ2n) is 4.61. The van der Waals surface area contributed by atoms with Crippen LogP contribution in [0.2, 0.25) is 0 Å². The summed E-state index contributed by atoms with van der Waals surface area (Å²) in [5.41, 5.74) is 2.16. The molecule has 0 aliphatic heterocycles. The largest absolute Gasteiger partial charge is 0.418 e. The molecule has 2 aromatic rings. The standard InChI is InChI=1S/C15H19N2O2/c1-2-3-4-5-8-12-9-6-7-10-13(12)15-17-16-14(11-18)19-15/h6-7,9-10H,2-5,8,11H2,1H3. The van der Waals surface area contributed by atoms with Gasteiger partial charge in [-0.2, -0.15) is 0 Å². The first-order valence-corrected chi connectivity index (χ1v) is 6.84. The quantitative estimate of drug-likeness (QED) is 0.711. The van der Waals surface area contributed by atoms with Gasteiger partial charge in [0.1, 0.15) is 0 Å². The molecular formula is C15H19N2O2. The molecule has 0 fully saturated rings. The molecule has 0 amide bonds. The van der Waals surface area contributed by atoms with E-state index in [4.69, 9.17) is 4.42 Å². The first kappa shape index (κ1) is 13.7. The van der Waals surface area contributed by atoms with Gasteiger partial charge in [-0.25, -0.2) is 5.11 Å². The average molecular weight is 259 g/mol. The van der Waals surface area contributed by atoms with Gasteiger partial charge in [-0.05, 0) is 24.5 Å². The molecule has 1 heterocycles. The molecule has 0 N–H and O–H groups in total. The highest BCUT2D eigenvalue weighted by Crippen LogP contribution is 2.24. The number of aromatic nitrogens is 2. The van der Waals surface area contributed by atoms with Crippen molar-refractivity contribution in [2.24, 2.45) is 0 Å². The van der Waals surface area contributed by atoms with E-state index >= 15 is 0 Å². The van der Waals surface area contributed by atoms with Crippen molar-refractivity contribution in [3.63, 3.8) is 0 Å². The maximum absolute atomic E-state index is 10.7. The van der Waals surface area contributed by atoms with Crippen molar-refractivity contribution >= 4 is 0 Å². The smallest absolute Gasteiger partial charge is 0.248 e. The molecule has 4 heteroatoms. The Bertz CT molecular complexity index is 508. The minimum atomic E-state index is -0.467. The first-order chi connectivity index (χ1) is 9.35. The van der Waals surface area contributed by atoms with E-state index in [-0.39, 0.29) is 5.89 Å². The summed E-state index contributed by atoms with van der Waals surface area (Å²) in [7, 11) is 0. The topological polar surface area (TPSA) is 58.8 Å². The van der Waals surface area contributed by atoms with Crippen molar-refractivity contribution in [3.8, 4) is 11.5 Å². The Balaban J connectivity index is 2.11. The molecule has 0 unspecified atom stereocenters. The number of aryl methyl sites for hydroxylation is 1. The molecule has 4 nitrogen and oxygen atoms in total. The van der Waals surface area contributed by atoms with Crippen LogP contribution in [0.25, 0.3) is 11.5 Å². The number of hydrogen-bond donors (Lipinski definition) is 0. The van der Waals surface area contributed by atoms with Gasteiger partial charge in [0.15, 0.2) is 6.61 Å². The third kappa shape index (κ3) is 3.64. The van der Waals surface area contributed by atoms with Gasteiger partial charge in [0.05, 0.1) is 0 Å². The minimum Gasteiger partial charge on any atom is -0.418 e. The zero-order valence-electron chi connectivity index (χ0n) is 11.3. The molecular weight excluding hydrogens is 240 g/mol. The third-order valence-electron chi connectivity index (χ3n) is 3.14. The Hall–Kier alpha value is -1.68. The Kier molecular flexibility index (Phi) is 5.10. The molecule has 1 radical (unpaired) electrons. The molecule has 0 atom stereocenters. The highest BCUT2D eigenvalue weighted by molar-refractivity contribution is 5.58. The number of benzene rings is 1. The van der Waals surface area contributed by atoms with Crippen molar-refractivity contribution in [1.82, 2.24) is 10.2 Å². The van der Waals surface area contributed by atoms with E-state index in [2.05, 4.69) is 23.2 Å². The molecule has 2 rings (SSSR count). The van der Waals surface area contributed by atoms with Gasteiger partial charge in [0.25, 0.3) is 0 Å². The molecule has 0 spiro atoms. The lowest BCUT2D eigenvalue weighted by Gasteiger charge is -2.05. The van der Waals surface area contributed by atoms with E-state index in [1.54, 1.807) is 0 Å². The van der Waals surface area contributed by atoms with Crippen molar-refractivity contribution in [2.45, 2.75) is 45.6 Å². The monoisotopic (exact) mass is 259 g/mol. The van der Waals surface area contributed by atoms with Crippen LogP contribution in [0.5, 0.6) is 0 Å². The second-order valence-corrected chi connectivity index (χ2v) is 4.61. The molecule has 0 saturated heterocycles. The first-order valence-electron chi connectivity index (χ1n) is 6.84. The maximum atomic E-state index is 10.7. The van der Waals surface area contributed by atoms with Gasteiger partial charge in [-0.1, -0.05) is 44.4 Å². The summed E-state index contributed by atoms with van der Waals surface area (Å²) in [4.78, 5) is 0. The van der Waals surface area contributed by atoms with Crippen LogP contribution in [0.3, 0.4) is 0 Å². The zero-order valence-corrected chi connectivity index (χ0v) is 11.3. The summed E-state index contributed by atoms with van der Waals surface area (Å²) in [6, 6.07) is 8.02. The Morgan fingerprint density at radius 3 is 2.68 bits per heavy atom. The van der Waals surface area contributed by atoms with Gasteiger partial charge in [-0.15, -0.1) is 10.2 Å². The molecule has 19 heavy (non-hydrogen) atoms. The third-order valence-corrected chi connectivity index (χ3v) is 3.14. The molecule has 1 aromatic carbocycles. The van der Waals surface area contributed by atoms with E-state index < -0.39 is 6.61 Å². The maximum Gasteiger partial charge on any atom is 0.248 e. The fourth-order valence-corrected chi connectivity index (χ4v) is 2.11. The van der Waals surface area contributed by atoms with Crippen LogP contribution >= 0.6 is 0 Å². The van der Waals surface area contributed by atoms with Crippen LogP contribution in [0.15, 0.2) is 28.7 Å². The van der Waals surface area contributed by atoms with Gasteiger partial charge in [0.2, 0.25) is 11.8 Å². The lowest BCUT2D eigenvalue weighted by Crippen LogP contribution is -1.91. The Morgan fingerprint density at radius 2 is 1.95 bits per heavy atom. The van der Waals surface area contributed by atoms with E-state index in [1.807, 2.05) is 18.2 Å². The zero-order chi connectivity index (χ0) is 13.5. The van der Waals surface area contributed by atoms with Crippen molar-refractivity contribution in [3.05, 3.63) is 35.7 Å². The summed E-state index contributed by atoms with van der Waals surface area (Å²) in [5, 5.41) is 18.4. The summed E-state index contributed by atoms with van der Waals surface area (Å²) in [6.07, 6.45) is 5.90. The lowest BCUT2D eigenvalue weighted by atomic mass is 10.0. The van der Waals surface area contributed by atoms with E-state index in [9.17, 15) is 5.11 Å². The summed E-state index contributed by atoms with van der Waals surface area (Å²) >= 11 is 0. The van der Waals surface area contributed by atoms with Crippen LogP contribution in [0.4, 0.5) is 0 Å². The predicted molar refractivity (Wildman–Crippen MR) is 72.0 cm³/mol. The number of hydrogen-bond acceptors (Lipinski definition) is 3. The van der Waals surface area contributed by atoms with Crippen molar-refractivity contribution in [1.29, 1.82) is 0 Å². The van der Waals surface area contributed by atoms with Gasteiger partial charge in [0, 0.05) is 5.56 Å². The van der Waals surface area contributed by atoms with Gasteiger partial charge >= 0.3 is 0 Å². The Labute approximate surface area is 113 Å². The van der Waals surface area contributed by atoms with E-state index in [0.29, 0.717) is 5.89 Å².